The first-order valence-corrected chi connectivity index (χ1v) is 9.79. The zero-order valence-corrected chi connectivity index (χ0v) is 15.0. The Morgan fingerprint density at radius 1 is 1.16 bits per heavy atom. The molecule has 2 heterocycles. The summed E-state index contributed by atoms with van der Waals surface area (Å²) in [6.45, 7) is 3.59. The summed E-state index contributed by atoms with van der Waals surface area (Å²) in [5.41, 5.74) is 1.21. The number of sulfonamides is 1. The predicted octanol–water partition coefficient (Wildman–Crippen LogP) is 2.00. The standard InChI is InChI=1S/C17H22N2O5S/c1-13-5-6-14(25(21,22)19-7-3-2-4-8-19)11-15(13)18-17(20)16-12-23-9-10-24-16/h5-6,11-12H,2-4,7-10H2,1H3,(H,18,20). The molecule has 0 radical (unpaired) electrons. The number of nitrogens with zero attached hydrogens (tertiary/aromatic N) is 1. The summed E-state index contributed by atoms with van der Waals surface area (Å²) in [6.07, 6.45) is 4.07. The van der Waals surface area contributed by atoms with Crippen LogP contribution in [-0.2, 0) is 24.3 Å². The maximum absolute atomic E-state index is 12.8. The van der Waals surface area contributed by atoms with Gasteiger partial charge in [0.1, 0.15) is 19.5 Å². The van der Waals surface area contributed by atoms with Gasteiger partial charge >= 0.3 is 0 Å². The van der Waals surface area contributed by atoms with Gasteiger partial charge in [-0.2, -0.15) is 4.31 Å². The second-order valence-corrected chi connectivity index (χ2v) is 8.03. The molecule has 2 aliphatic heterocycles. The van der Waals surface area contributed by atoms with Crippen LogP contribution in [0.5, 0.6) is 0 Å². The zero-order chi connectivity index (χ0) is 17.9. The summed E-state index contributed by atoms with van der Waals surface area (Å²) in [5.74, 6) is -0.384. The van der Waals surface area contributed by atoms with E-state index in [1.807, 2.05) is 0 Å². The molecule has 0 unspecified atom stereocenters. The molecule has 3 rings (SSSR count). The Hall–Kier alpha value is -2.06. The highest BCUT2D eigenvalue weighted by atomic mass is 32.2. The van der Waals surface area contributed by atoms with Crippen molar-refractivity contribution in [3.8, 4) is 0 Å². The molecule has 1 amide bonds. The summed E-state index contributed by atoms with van der Waals surface area (Å²) >= 11 is 0. The van der Waals surface area contributed by atoms with E-state index in [1.54, 1.807) is 19.1 Å². The van der Waals surface area contributed by atoms with Gasteiger partial charge in [0, 0.05) is 18.8 Å². The molecule has 0 bridgehead atoms. The van der Waals surface area contributed by atoms with Crippen LogP contribution in [0.15, 0.2) is 35.1 Å². The lowest BCUT2D eigenvalue weighted by molar-refractivity contribution is -0.117. The first-order chi connectivity index (χ1) is 12.0. The Kier molecular flexibility index (Phi) is 5.29. The third-order valence-corrected chi connectivity index (χ3v) is 6.18. The van der Waals surface area contributed by atoms with Gasteiger partial charge in [0.15, 0.2) is 0 Å². The number of benzene rings is 1. The third-order valence-electron chi connectivity index (χ3n) is 4.28. The van der Waals surface area contributed by atoms with Crippen LogP contribution in [0.2, 0.25) is 0 Å². The Morgan fingerprint density at radius 2 is 1.92 bits per heavy atom. The van der Waals surface area contributed by atoms with Crippen molar-refractivity contribution in [1.82, 2.24) is 4.31 Å². The van der Waals surface area contributed by atoms with Crippen molar-refractivity contribution >= 4 is 21.6 Å². The van der Waals surface area contributed by atoms with E-state index >= 15 is 0 Å². The van der Waals surface area contributed by atoms with Gasteiger partial charge in [0.05, 0.1) is 4.90 Å². The lowest BCUT2D eigenvalue weighted by Gasteiger charge is -2.26. The molecule has 0 saturated carbocycles. The highest BCUT2D eigenvalue weighted by Crippen LogP contribution is 2.25. The van der Waals surface area contributed by atoms with Gasteiger partial charge in [0.25, 0.3) is 5.91 Å². The van der Waals surface area contributed by atoms with Gasteiger partial charge in [-0.1, -0.05) is 12.5 Å². The van der Waals surface area contributed by atoms with Gasteiger partial charge in [-0.15, -0.1) is 0 Å². The lowest BCUT2D eigenvalue weighted by atomic mass is 10.2. The molecule has 1 aromatic carbocycles. The van der Waals surface area contributed by atoms with Gasteiger partial charge in [-0.05, 0) is 37.5 Å². The van der Waals surface area contributed by atoms with E-state index in [1.165, 1.54) is 16.6 Å². The number of rotatable bonds is 4. The molecule has 0 spiro atoms. The van der Waals surface area contributed by atoms with Crippen LogP contribution in [0.3, 0.4) is 0 Å². The number of ether oxygens (including phenoxy) is 2. The number of nitrogens with one attached hydrogen (secondary N) is 1. The van der Waals surface area contributed by atoms with Crippen molar-refractivity contribution in [3.63, 3.8) is 0 Å². The summed E-state index contributed by atoms with van der Waals surface area (Å²) in [7, 11) is -3.55. The van der Waals surface area contributed by atoms with Crippen LogP contribution in [0.25, 0.3) is 0 Å². The smallest absolute Gasteiger partial charge is 0.294 e. The highest BCUT2D eigenvalue weighted by Gasteiger charge is 2.26. The zero-order valence-electron chi connectivity index (χ0n) is 14.2. The first kappa shape index (κ1) is 17.8. The lowest BCUT2D eigenvalue weighted by Crippen LogP contribution is -2.35. The topological polar surface area (TPSA) is 84.9 Å². The van der Waals surface area contributed by atoms with Crippen molar-refractivity contribution in [2.75, 3.05) is 31.6 Å². The van der Waals surface area contributed by atoms with Crippen molar-refractivity contribution in [1.29, 1.82) is 0 Å². The van der Waals surface area contributed by atoms with Gasteiger partial charge in [0.2, 0.25) is 15.8 Å². The fourth-order valence-electron chi connectivity index (χ4n) is 2.82. The molecule has 0 aromatic heterocycles. The van der Waals surface area contributed by atoms with Crippen molar-refractivity contribution < 1.29 is 22.7 Å². The van der Waals surface area contributed by atoms with Gasteiger partial charge < -0.3 is 14.8 Å². The molecule has 1 N–H and O–H groups in total. The van der Waals surface area contributed by atoms with Gasteiger partial charge in [-0.25, -0.2) is 8.42 Å². The van der Waals surface area contributed by atoms with Gasteiger partial charge in [-0.3, -0.25) is 4.79 Å². The minimum absolute atomic E-state index is 0.0786. The van der Waals surface area contributed by atoms with E-state index in [0.717, 1.165) is 24.8 Å². The molecule has 25 heavy (non-hydrogen) atoms. The van der Waals surface area contributed by atoms with Crippen LogP contribution in [0, 0.1) is 6.92 Å². The molecule has 1 saturated heterocycles. The number of piperidine rings is 1. The number of carbonyl (C=O) groups excluding carboxylic acids is 1. The van der Waals surface area contributed by atoms with E-state index in [-0.39, 0.29) is 10.7 Å². The normalized spacial score (nSPS) is 18.7. The molecule has 0 atom stereocenters. The number of amides is 1. The second-order valence-electron chi connectivity index (χ2n) is 6.10. The van der Waals surface area contributed by atoms with Crippen molar-refractivity contribution in [2.45, 2.75) is 31.1 Å². The fraction of sp³-hybridized carbons (Fsp3) is 0.471. The predicted molar refractivity (Wildman–Crippen MR) is 92.4 cm³/mol. The number of aryl methyl sites for hydroxylation is 1. The monoisotopic (exact) mass is 366 g/mol. The van der Waals surface area contributed by atoms with E-state index in [9.17, 15) is 13.2 Å². The molecule has 7 nitrogen and oxygen atoms in total. The number of hydrogen-bond acceptors (Lipinski definition) is 5. The van der Waals surface area contributed by atoms with E-state index in [2.05, 4.69) is 5.32 Å². The summed E-state index contributed by atoms with van der Waals surface area (Å²) in [4.78, 5) is 12.4. The maximum atomic E-state index is 12.8. The van der Waals surface area contributed by atoms with Crippen LogP contribution in [-0.4, -0.2) is 44.9 Å². The average molecular weight is 366 g/mol. The minimum atomic E-state index is -3.55. The average Bonchev–Trinajstić information content (AvgIpc) is 2.64. The fourth-order valence-corrected chi connectivity index (χ4v) is 4.37. The van der Waals surface area contributed by atoms with E-state index in [4.69, 9.17) is 9.47 Å². The Morgan fingerprint density at radius 3 is 2.60 bits per heavy atom. The molecular formula is C17H22N2O5S. The van der Waals surface area contributed by atoms with Crippen molar-refractivity contribution in [2.24, 2.45) is 0 Å². The van der Waals surface area contributed by atoms with E-state index in [0.29, 0.717) is 32.0 Å². The summed E-state index contributed by atoms with van der Waals surface area (Å²) < 4.78 is 37.4. The maximum Gasteiger partial charge on any atom is 0.294 e. The summed E-state index contributed by atoms with van der Waals surface area (Å²) in [6, 6.07) is 4.77. The van der Waals surface area contributed by atoms with Crippen LogP contribution < -0.4 is 5.32 Å². The van der Waals surface area contributed by atoms with Crippen LogP contribution in [0.4, 0.5) is 5.69 Å². The molecule has 136 valence electrons. The van der Waals surface area contributed by atoms with Crippen LogP contribution >= 0.6 is 0 Å². The Bertz CT molecular complexity index is 782. The first-order valence-electron chi connectivity index (χ1n) is 8.35. The van der Waals surface area contributed by atoms with Crippen LogP contribution in [0.1, 0.15) is 24.8 Å². The number of anilines is 1. The Labute approximate surface area is 147 Å². The minimum Gasteiger partial charge on any atom is -0.494 e. The highest BCUT2D eigenvalue weighted by molar-refractivity contribution is 7.89. The molecule has 1 aromatic rings. The molecule has 0 aliphatic carbocycles. The largest absolute Gasteiger partial charge is 0.494 e. The molecular weight excluding hydrogens is 344 g/mol. The second kappa shape index (κ2) is 7.45. The quantitative estimate of drug-likeness (QED) is 0.881. The Balaban J connectivity index is 1.82. The molecule has 1 fully saturated rings. The number of hydrogen-bond donors (Lipinski definition) is 1. The SMILES string of the molecule is Cc1ccc(S(=O)(=O)N2CCCCC2)cc1NC(=O)C1=COCCO1. The van der Waals surface area contributed by atoms with Crippen molar-refractivity contribution in [3.05, 3.63) is 35.8 Å². The number of carbonyl (C=O) groups is 1. The van der Waals surface area contributed by atoms with E-state index < -0.39 is 15.9 Å². The molecule has 8 heteroatoms. The molecule has 2 aliphatic rings. The summed E-state index contributed by atoms with van der Waals surface area (Å²) in [5, 5.41) is 2.70. The third kappa shape index (κ3) is 3.96.